The molecule has 1 heterocycles. The Kier molecular flexibility index (Phi) is 15.0. The van der Waals surface area contributed by atoms with Crippen molar-refractivity contribution in [3.8, 4) is 5.75 Å². The van der Waals surface area contributed by atoms with Gasteiger partial charge in [-0.25, -0.2) is 0 Å². The summed E-state index contributed by atoms with van der Waals surface area (Å²) >= 11 is 1.29. The second-order valence-electron chi connectivity index (χ2n) is 15.4. The highest BCUT2D eigenvalue weighted by Gasteiger charge is 2.52. The van der Waals surface area contributed by atoms with Crippen molar-refractivity contribution in [2.24, 2.45) is 11.8 Å². The molecule has 0 radical (unpaired) electrons. The molecule has 1 aliphatic heterocycles. The molecule has 0 fully saturated rings. The molecule has 0 saturated carbocycles. The molecule has 0 spiro atoms. The number of hydrogen-bond acceptors (Lipinski definition) is 6. The van der Waals surface area contributed by atoms with Gasteiger partial charge >= 0.3 is 0 Å². The first-order valence-corrected chi connectivity index (χ1v) is 22.1. The van der Waals surface area contributed by atoms with Gasteiger partial charge in [-0.1, -0.05) is 145 Å². The van der Waals surface area contributed by atoms with Gasteiger partial charge in [0.2, 0.25) is 5.12 Å². The van der Waals surface area contributed by atoms with Crippen molar-refractivity contribution >= 4 is 35.6 Å². The summed E-state index contributed by atoms with van der Waals surface area (Å²) in [6, 6.07) is 29.5. The van der Waals surface area contributed by atoms with Crippen molar-refractivity contribution in [3.05, 3.63) is 126 Å². The minimum absolute atomic E-state index is 0.0203. The van der Waals surface area contributed by atoms with Crippen LogP contribution in [0.3, 0.4) is 0 Å². The van der Waals surface area contributed by atoms with Crippen LogP contribution in [0, 0.1) is 11.8 Å². The molecule has 7 heteroatoms. The van der Waals surface area contributed by atoms with Gasteiger partial charge in [-0.2, -0.15) is 0 Å². The molecular weight excluding hydrogens is 693 g/mol. The molecule has 0 N–H and O–H groups in total. The highest BCUT2D eigenvalue weighted by molar-refractivity contribution is 8.13. The van der Waals surface area contributed by atoms with Gasteiger partial charge in [0, 0.05) is 11.8 Å². The molecule has 1 aliphatic rings. The Morgan fingerprint density at radius 3 is 2.04 bits per heavy atom. The predicted molar refractivity (Wildman–Crippen MR) is 226 cm³/mol. The van der Waals surface area contributed by atoms with Gasteiger partial charge in [0.1, 0.15) is 17.6 Å². The molecular formula is C46H62O5SSi. The van der Waals surface area contributed by atoms with E-state index < -0.39 is 13.9 Å². The van der Waals surface area contributed by atoms with Gasteiger partial charge in [0.05, 0.1) is 19.8 Å². The van der Waals surface area contributed by atoms with Gasteiger partial charge in [0.15, 0.2) is 5.60 Å². The molecule has 3 aromatic rings. The fourth-order valence-electron chi connectivity index (χ4n) is 7.60. The summed E-state index contributed by atoms with van der Waals surface area (Å²) in [5.74, 6) is 2.31. The van der Waals surface area contributed by atoms with Crippen LogP contribution >= 0.6 is 11.8 Å². The van der Waals surface area contributed by atoms with Crippen molar-refractivity contribution in [2.45, 2.75) is 112 Å². The van der Waals surface area contributed by atoms with Gasteiger partial charge in [0.25, 0.3) is 8.32 Å². The minimum atomic E-state index is -2.84. The van der Waals surface area contributed by atoms with Crippen LogP contribution in [0.2, 0.25) is 5.04 Å². The number of methoxy groups -OCH3 is 1. The Morgan fingerprint density at radius 2 is 1.55 bits per heavy atom. The molecule has 0 aliphatic carbocycles. The molecule has 286 valence electrons. The average molecular weight is 755 g/mol. The molecule has 0 saturated heterocycles. The standard InChI is InChI=1S/C46H62O5SSi/c1-12-33(4)43(51-53(45(8,9)10,39-21-17-15-18-22-39)40-23-19-16-20-24-40)36(7)31-35(6)42-34(5)25-30-41(50-42)46(13-2,44(47)52-14-3)49-32-37-26-28-38(48-11)29-27-37/h12,15-24,26-31,34,36,42-43H,13-14,25,32H2,1-11H3/b33-12+,35-31+/t34-,36-,42-,43-,46-/m0/s1. The van der Waals surface area contributed by atoms with Crippen molar-refractivity contribution in [2.75, 3.05) is 12.9 Å². The summed E-state index contributed by atoms with van der Waals surface area (Å²) in [7, 11) is -1.18. The van der Waals surface area contributed by atoms with E-state index in [1.807, 2.05) is 38.1 Å². The van der Waals surface area contributed by atoms with E-state index in [4.69, 9.17) is 18.6 Å². The number of thioether (sulfide) groups is 1. The van der Waals surface area contributed by atoms with E-state index in [1.54, 1.807) is 7.11 Å². The van der Waals surface area contributed by atoms with Crippen LogP contribution in [-0.2, 0) is 25.3 Å². The third-order valence-electron chi connectivity index (χ3n) is 10.7. The Bertz CT molecular complexity index is 1670. The zero-order valence-electron chi connectivity index (χ0n) is 33.9. The van der Waals surface area contributed by atoms with E-state index in [1.165, 1.54) is 27.7 Å². The van der Waals surface area contributed by atoms with E-state index in [9.17, 15) is 4.79 Å². The second-order valence-corrected chi connectivity index (χ2v) is 20.9. The maximum absolute atomic E-state index is 14.0. The molecule has 53 heavy (non-hydrogen) atoms. The molecule has 5 nitrogen and oxygen atoms in total. The molecule has 0 unspecified atom stereocenters. The van der Waals surface area contributed by atoms with Gasteiger partial charge < -0.3 is 18.6 Å². The summed E-state index contributed by atoms with van der Waals surface area (Å²) in [5, 5.41) is 2.35. The lowest BCUT2D eigenvalue weighted by Crippen LogP contribution is -2.68. The average Bonchev–Trinajstić information content (AvgIpc) is 3.16. The first kappa shape index (κ1) is 42.4. The van der Waals surface area contributed by atoms with E-state index in [-0.39, 0.29) is 40.8 Å². The van der Waals surface area contributed by atoms with Gasteiger partial charge in [-0.05, 0) is 89.7 Å². The molecule has 0 bridgehead atoms. The van der Waals surface area contributed by atoms with Crippen LogP contribution in [-0.4, -0.2) is 44.1 Å². The smallest absolute Gasteiger partial charge is 0.261 e. The third kappa shape index (κ3) is 9.48. The first-order valence-electron chi connectivity index (χ1n) is 19.2. The number of hydrogen-bond donors (Lipinski definition) is 0. The van der Waals surface area contributed by atoms with Crippen LogP contribution in [0.25, 0.3) is 0 Å². The van der Waals surface area contributed by atoms with Crippen LogP contribution in [0.1, 0.15) is 87.6 Å². The fourth-order valence-corrected chi connectivity index (χ4v) is 13.2. The summed E-state index contributed by atoms with van der Waals surface area (Å²) in [6.45, 7) is 22.2. The fraction of sp³-hybridized carbons (Fsp3) is 0.457. The van der Waals surface area contributed by atoms with E-state index in [0.29, 0.717) is 17.9 Å². The maximum atomic E-state index is 14.0. The topological polar surface area (TPSA) is 54.0 Å². The molecule has 3 aromatic carbocycles. The molecule has 0 aromatic heterocycles. The molecule has 0 amide bonds. The molecule has 4 rings (SSSR count). The second kappa shape index (κ2) is 18.8. The number of ether oxygens (including phenoxy) is 3. The lowest BCUT2D eigenvalue weighted by molar-refractivity contribution is -0.141. The van der Waals surface area contributed by atoms with Crippen LogP contribution in [0.15, 0.2) is 120 Å². The van der Waals surface area contributed by atoms with Crippen LogP contribution < -0.4 is 15.1 Å². The summed E-state index contributed by atoms with van der Waals surface area (Å²) < 4.78 is 26.7. The number of benzene rings is 3. The highest BCUT2D eigenvalue weighted by atomic mass is 32.2. The third-order valence-corrected chi connectivity index (χ3v) is 16.6. The van der Waals surface area contributed by atoms with Gasteiger partial charge in [-0.3, -0.25) is 4.79 Å². The lowest BCUT2D eigenvalue weighted by atomic mass is 9.86. The largest absolute Gasteiger partial charge is 0.497 e. The monoisotopic (exact) mass is 754 g/mol. The Morgan fingerprint density at radius 1 is 0.962 bits per heavy atom. The van der Waals surface area contributed by atoms with E-state index in [0.717, 1.165) is 23.3 Å². The van der Waals surface area contributed by atoms with Gasteiger partial charge in [-0.15, -0.1) is 0 Å². The number of rotatable bonds is 16. The van der Waals surface area contributed by atoms with E-state index in [2.05, 4.69) is 134 Å². The van der Waals surface area contributed by atoms with E-state index >= 15 is 0 Å². The Balaban J connectivity index is 1.70. The lowest BCUT2D eigenvalue weighted by Gasteiger charge is -2.46. The Hall–Kier alpha value is -3.36. The van der Waals surface area contributed by atoms with Crippen molar-refractivity contribution < 1.29 is 23.4 Å². The normalized spacial score (nSPS) is 19.4. The highest BCUT2D eigenvalue weighted by Crippen LogP contribution is 2.42. The number of allylic oxidation sites excluding steroid dienone is 2. The van der Waals surface area contributed by atoms with Crippen LogP contribution in [0.4, 0.5) is 0 Å². The quantitative estimate of drug-likeness (QED) is 0.107. The number of carbonyl (C=O) groups is 1. The van der Waals surface area contributed by atoms with Crippen molar-refractivity contribution in [3.63, 3.8) is 0 Å². The predicted octanol–water partition coefficient (Wildman–Crippen LogP) is 10.4. The minimum Gasteiger partial charge on any atom is -0.497 e. The zero-order chi connectivity index (χ0) is 38.8. The summed E-state index contributed by atoms with van der Waals surface area (Å²) in [4.78, 5) is 14.0. The SMILES string of the molecule is C/C=C(\C)[C@H](O[Si](c1ccccc1)(c1ccccc1)C(C)(C)C)[C@@H](C)/C=C(\C)[C@H]1OC([C@](CC)(OCc2ccc(OC)cc2)C(=O)SCC)=CC[C@@H]1C. The maximum Gasteiger partial charge on any atom is 0.261 e. The van der Waals surface area contributed by atoms with Crippen molar-refractivity contribution in [1.29, 1.82) is 0 Å². The Labute approximate surface area is 325 Å². The zero-order valence-corrected chi connectivity index (χ0v) is 35.7. The summed E-state index contributed by atoms with van der Waals surface area (Å²) in [6.07, 6.45) is 7.49. The van der Waals surface area contributed by atoms with Crippen LogP contribution in [0.5, 0.6) is 5.75 Å². The first-order chi connectivity index (χ1) is 25.3. The van der Waals surface area contributed by atoms with Crippen molar-refractivity contribution in [1.82, 2.24) is 0 Å². The number of carbonyl (C=O) groups excluding carboxylic acids is 1. The summed E-state index contributed by atoms with van der Waals surface area (Å²) in [5.41, 5.74) is 2.11. The molecule has 5 atom stereocenters.